The lowest BCUT2D eigenvalue weighted by molar-refractivity contribution is 0.344. The summed E-state index contributed by atoms with van der Waals surface area (Å²) in [6.45, 7) is 7.94. The highest BCUT2D eigenvalue weighted by Gasteiger charge is 2.15. The first-order valence-corrected chi connectivity index (χ1v) is 5.03. The Balaban J connectivity index is 3.38. The molecule has 78 valence electrons. The van der Waals surface area contributed by atoms with E-state index in [1.165, 1.54) is 0 Å². The smallest absolute Gasteiger partial charge is 0.221 e. The fraction of sp³-hybridized carbons (Fsp3) is 0.600. The summed E-state index contributed by atoms with van der Waals surface area (Å²) in [5.41, 5.74) is 0.212. The summed E-state index contributed by atoms with van der Waals surface area (Å²) in [5.74, 6) is 0. The van der Waals surface area contributed by atoms with Crippen molar-refractivity contribution in [2.45, 2.75) is 39.7 Å². The van der Waals surface area contributed by atoms with E-state index in [2.05, 4.69) is 5.10 Å². The Hall–Kier alpha value is -0.830. The lowest BCUT2D eigenvalue weighted by Crippen LogP contribution is -2.28. The normalized spacial score (nSPS) is 11.8. The van der Waals surface area contributed by atoms with Gasteiger partial charge in [0.15, 0.2) is 0 Å². The van der Waals surface area contributed by atoms with Gasteiger partial charge in [0.1, 0.15) is 10.7 Å². The van der Waals surface area contributed by atoms with Crippen molar-refractivity contribution >= 4 is 11.6 Å². The van der Waals surface area contributed by atoms with Crippen LogP contribution in [0.5, 0.6) is 0 Å². The fourth-order valence-electron chi connectivity index (χ4n) is 1.08. The van der Waals surface area contributed by atoms with Crippen molar-refractivity contribution in [1.29, 1.82) is 0 Å². The predicted octanol–water partition coefficient (Wildman–Crippen LogP) is 2.21. The second-order valence-corrected chi connectivity index (χ2v) is 4.63. The van der Waals surface area contributed by atoms with Gasteiger partial charge in [-0.3, -0.25) is 9.48 Å². The molecule has 14 heavy (non-hydrogen) atoms. The summed E-state index contributed by atoms with van der Waals surface area (Å²) in [4.78, 5) is 11.5. The van der Waals surface area contributed by atoms with Crippen LogP contribution in [-0.4, -0.2) is 9.78 Å². The van der Waals surface area contributed by atoms with Crippen LogP contribution in [0.25, 0.3) is 0 Å². The number of aromatic nitrogens is 2. The van der Waals surface area contributed by atoms with Crippen molar-refractivity contribution in [2.75, 3.05) is 0 Å². The zero-order chi connectivity index (χ0) is 10.9. The van der Waals surface area contributed by atoms with Gasteiger partial charge in [0.05, 0.1) is 5.54 Å². The molecule has 0 atom stereocenters. The minimum absolute atomic E-state index is 0.152. The standard InChI is InChI=1S/C10H15ClN2O/c1-5-8-9(14)7(11)6-13(12-8)10(2,3)4/h6H,5H2,1-4H3. The van der Waals surface area contributed by atoms with Gasteiger partial charge in [-0.1, -0.05) is 18.5 Å². The third-order valence-electron chi connectivity index (χ3n) is 1.97. The first-order valence-electron chi connectivity index (χ1n) is 4.65. The molecule has 0 saturated carbocycles. The third-order valence-corrected chi connectivity index (χ3v) is 2.23. The molecule has 0 saturated heterocycles. The maximum absolute atomic E-state index is 11.5. The highest BCUT2D eigenvalue weighted by atomic mass is 35.5. The molecular formula is C10H15ClN2O. The van der Waals surface area contributed by atoms with Crippen LogP contribution in [0.4, 0.5) is 0 Å². The molecule has 0 aliphatic rings. The molecule has 1 rings (SSSR count). The molecule has 0 aliphatic carbocycles. The minimum Gasteiger partial charge on any atom is -0.286 e. The average molecular weight is 215 g/mol. The van der Waals surface area contributed by atoms with Gasteiger partial charge in [-0.2, -0.15) is 5.10 Å². The highest BCUT2D eigenvalue weighted by molar-refractivity contribution is 6.30. The molecule has 1 aromatic rings. The molecule has 0 N–H and O–H groups in total. The van der Waals surface area contributed by atoms with Crippen molar-refractivity contribution in [1.82, 2.24) is 9.78 Å². The Morgan fingerprint density at radius 1 is 1.50 bits per heavy atom. The molecule has 0 radical (unpaired) electrons. The molecule has 0 spiro atoms. The summed E-state index contributed by atoms with van der Waals surface area (Å²) < 4.78 is 1.73. The van der Waals surface area contributed by atoms with Crippen LogP contribution >= 0.6 is 11.6 Å². The van der Waals surface area contributed by atoms with Gasteiger partial charge in [-0.05, 0) is 27.2 Å². The summed E-state index contributed by atoms with van der Waals surface area (Å²) in [5, 5.41) is 4.48. The average Bonchev–Trinajstić information content (AvgIpc) is 2.07. The van der Waals surface area contributed by atoms with Crippen LogP contribution < -0.4 is 5.43 Å². The van der Waals surface area contributed by atoms with E-state index in [9.17, 15) is 4.79 Å². The van der Waals surface area contributed by atoms with E-state index in [1.54, 1.807) is 10.9 Å². The van der Waals surface area contributed by atoms with E-state index >= 15 is 0 Å². The maximum atomic E-state index is 11.5. The van der Waals surface area contributed by atoms with E-state index < -0.39 is 0 Å². The summed E-state index contributed by atoms with van der Waals surface area (Å²) in [6, 6.07) is 0. The Morgan fingerprint density at radius 3 is 2.50 bits per heavy atom. The molecule has 0 bridgehead atoms. The van der Waals surface area contributed by atoms with E-state index in [0.717, 1.165) is 0 Å². The lowest BCUT2D eigenvalue weighted by atomic mass is 10.1. The topological polar surface area (TPSA) is 34.9 Å². The first-order chi connectivity index (χ1) is 6.36. The molecular weight excluding hydrogens is 200 g/mol. The van der Waals surface area contributed by atoms with Crippen LogP contribution in [-0.2, 0) is 12.0 Å². The molecule has 0 unspecified atom stereocenters. The van der Waals surface area contributed by atoms with Gasteiger partial charge in [0.2, 0.25) is 5.43 Å². The van der Waals surface area contributed by atoms with Crippen LogP contribution in [0.3, 0.4) is 0 Å². The minimum atomic E-state index is -0.158. The van der Waals surface area contributed by atoms with E-state index in [1.807, 2.05) is 27.7 Å². The Bertz CT molecular complexity index is 390. The van der Waals surface area contributed by atoms with Crippen molar-refractivity contribution < 1.29 is 0 Å². The number of nitrogens with zero attached hydrogens (tertiary/aromatic N) is 2. The summed E-state index contributed by atoms with van der Waals surface area (Å²) >= 11 is 5.83. The highest BCUT2D eigenvalue weighted by Crippen LogP contribution is 2.13. The number of hydrogen-bond donors (Lipinski definition) is 0. The van der Waals surface area contributed by atoms with Gasteiger partial charge in [0, 0.05) is 6.20 Å². The van der Waals surface area contributed by atoms with Gasteiger partial charge < -0.3 is 0 Å². The number of halogens is 1. The molecule has 0 aromatic carbocycles. The van der Waals surface area contributed by atoms with Gasteiger partial charge in [0.25, 0.3) is 0 Å². The van der Waals surface area contributed by atoms with E-state index in [0.29, 0.717) is 12.1 Å². The maximum Gasteiger partial charge on any atom is 0.221 e. The molecule has 1 heterocycles. The van der Waals surface area contributed by atoms with Crippen molar-refractivity contribution in [3.63, 3.8) is 0 Å². The molecule has 3 nitrogen and oxygen atoms in total. The lowest BCUT2D eigenvalue weighted by Gasteiger charge is -2.22. The fourth-order valence-corrected chi connectivity index (χ4v) is 1.28. The Morgan fingerprint density at radius 2 is 2.07 bits per heavy atom. The molecule has 1 aromatic heterocycles. The van der Waals surface area contributed by atoms with Gasteiger partial charge in [-0.25, -0.2) is 0 Å². The van der Waals surface area contributed by atoms with Crippen molar-refractivity contribution in [3.8, 4) is 0 Å². The van der Waals surface area contributed by atoms with Gasteiger partial charge >= 0.3 is 0 Å². The van der Waals surface area contributed by atoms with Crippen LogP contribution in [0.2, 0.25) is 5.02 Å². The van der Waals surface area contributed by atoms with Crippen LogP contribution in [0.15, 0.2) is 11.0 Å². The van der Waals surface area contributed by atoms with Crippen molar-refractivity contribution in [3.05, 3.63) is 27.1 Å². The van der Waals surface area contributed by atoms with E-state index in [-0.39, 0.29) is 16.0 Å². The summed E-state index contributed by atoms with van der Waals surface area (Å²) in [7, 11) is 0. The Kier molecular flexibility index (Phi) is 3.00. The largest absolute Gasteiger partial charge is 0.286 e. The number of rotatable bonds is 1. The van der Waals surface area contributed by atoms with E-state index in [4.69, 9.17) is 11.6 Å². The van der Waals surface area contributed by atoms with Gasteiger partial charge in [-0.15, -0.1) is 0 Å². The quantitative estimate of drug-likeness (QED) is 0.719. The monoisotopic (exact) mass is 214 g/mol. The SMILES string of the molecule is CCc1nn(C(C)(C)C)cc(Cl)c1=O. The van der Waals surface area contributed by atoms with Crippen LogP contribution in [0, 0.1) is 0 Å². The summed E-state index contributed by atoms with van der Waals surface area (Å²) in [6.07, 6.45) is 2.19. The second kappa shape index (κ2) is 3.73. The zero-order valence-electron chi connectivity index (χ0n) is 8.97. The van der Waals surface area contributed by atoms with Crippen LogP contribution in [0.1, 0.15) is 33.4 Å². The predicted molar refractivity (Wildman–Crippen MR) is 57.9 cm³/mol. The molecule has 0 fully saturated rings. The molecule has 0 aliphatic heterocycles. The molecule has 0 amide bonds. The molecule has 4 heteroatoms. The third kappa shape index (κ3) is 2.15. The Labute approximate surface area is 88.7 Å². The van der Waals surface area contributed by atoms with Crippen molar-refractivity contribution in [2.24, 2.45) is 0 Å². The number of hydrogen-bond acceptors (Lipinski definition) is 2. The number of aryl methyl sites for hydroxylation is 1. The second-order valence-electron chi connectivity index (χ2n) is 4.22. The zero-order valence-corrected chi connectivity index (χ0v) is 9.72. The first kappa shape index (κ1) is 11.2.